The van der Waals surface area contributed by atoms with E-state index in [-0.39, 0.29) is 5.92 Å². The zero-order valence-corrected chi connectivity index (χ0v) is 11.8. The van der Waals surface area contributed by atoms with Crippen LogP contribution in [0.3, 0.4) is 0 Å². The lowest BCUT2D eigenvalue weighted by atomic mass is 9.80. The van der Waals surface area contributed by atoms with Gasteiger partial charge in [0, 0.05) is 19.0 Å². The zero-order valence-electron chi connectivity index (χ0n) is 11.8. The molecule has 0 heterocycles. The molecule has 3 heteroatoms. The van der Waals surface area contributed by atoms with Gasteiger partial charge in [0.1, 0.15) is 0 Å². The van der Waals surface area contributed by atoms with Crippen LogP contribution in [0.4, 0.5) is 0 Å². The summed E-state index contributed by atoms with van der Waals surface area (Å²) < 4.78 is 0. The summed E-state index contributed by atoms with van der Waals surface area (Å²) in [4.78, 5) is 14.3. The Balaban J connectivity index is 2.56. The lowest BCUT2D eigenvalue weighted by Crippen LogP contribution is -2.43. The summed E-state index contributed by atoms with van der Waals surface area (Å²) in [6, 6.07) is 0.320. The Labute approximate surface area is 106 Å². The zero-order chi connectivity index (χ0) is 13.0. The van der Waals surface area contributed by atoms with Crippen molar-refractivity contribution in [3.63, 3.8) is 0 Å². The Kier molecular flexibility index (Phi) is 5.44. The number of rotatable bonds is 4. The summed E-state index contributed by atoms with van der Waals surface area (Å²) in [7, 11) is 1.94. The van der Waals surface area contributed by atoms with Gasteiger partial charge in [0.2, 0.25) is 5.91 Å². The molecule has 3 nitrogen and oxygen atoms in total. The summed E-state index contributed by atoms with van der Waals surface area (Å²) in [5.74, 6) is 1.60. The lowest BCUT2D eigenvalue weighted by molar-refractivity contribution is -0.138. The van der Waals surface area contributed by atoms with E-state index in [0.717, 1.165) is 25.8 Å². The van der Waals surface area contributed by atoms with E-state index in [2.05, 4.69) is 20.8 Å². The summed E-state index contributed by atoms with van der Waals surface area (Å²) in [5, 5.41) is 0. The summed E-state index contributed by atoms with van der Waals surface area (Å²) in [5.41, 5.74) is 5.72. The largest absolute Gasteiger partial charge is 0.343 e. The number of amides is 1. The number of carbonyl (C=O) groups excluding carboxylic acids is 1. The molecule has 100 valence electrons. The fourth-order valence-corrected chi connectivity index (χ4v) is 2.67. The molecule has 1 aliphatic rings. The number of nitrogens with two attached hydrogens (primary N) is 1. The van der Waals surface area contributed by atoms with Crippen LogP contribution in [0.1, 0.15) is 46.5 Å². The third-order valence-electron chi connectivity index (χ3n) is 4.39. The molecule has 0 aromatic heterocycles. The molecular formula is C14H28N2O. The topological polar surface area (TPSA) is 46.3 Å². The molecule has 0 saturated heterocycles. The van der Waals surface area contributed by atoms with E-state index in [4.69, 9.17) is 5.73 Å². The number of carbonyl (C=O) groups is 1. The number of hydrogen-bond acceptors (Lipinski definition) is 2. The molecule has 17 heavy (non-hydrogen) atoms. The Hall–Kier alpha value is -0.570. The molecule has 0 aliphatic heterocycles. The fraction of sp³-hybridized carbons (Fsp3) is 0.929. The van der Waals surface area contributed by atoms with E-state index < -0.39 is 0 Å². The first-order valence-corrected chi connectivity index (χ1v) is 6.94. The van der Waals surface area contributed by atoms with Crippen molar-refractivity contribution in [1.29, 1.82) is 0 Å². The molecule has 1 aliphatic carbocycles. The summed E-state index contributed by atoms with van der Waals surface area (Å²) in [6.07, 6.45) is 4.39. The Morgan fingerprint density at radius 1 is 1.35 bits per heavy atom. The van der Waals surface area contributed by atoms with Gasteiger partial charge in [0.15, 0.2) is 0 Å². The van der Waals surface area contributed by atoms with Crippen molar-refractivity contribution < 1.29 is 4.79 Å². The van der Waals surface area contributed by atoms with Crippen LogP contribution < -0.4 is 5.73 Å². The van der Waals surface area contributed by atoms with Gasteiger partial charge in [0.05, 0.1) is 0 Å². The van der Waals surface area contributed by atoms with Crippen LogP contribution in [-0.4, -0.2) is 30.4 Å². The maximum absolute atomic E-state index is 12.4. The maximum Gasteiger partial charge on any atom is 0.225 e. The third-order valence-corrected chi connectivity index (χ3v) is 4.39. The van der Waals surface area contributed by atoms with Crippen molar-refractivity contribution in [2.45, 2.75) is 52.5 Å². The minimum absolute atomic E-state index is 0.212. The average molecular weight is 240 g/mol. The van der Waals surface area contributed by atoms with Crippen LogP contribution in [0, 0.1) is 17.8 Å². The van der Waals surface area contributed by atoms with Crippen molar-refractivity contribution >= 4 is 5.91 Å². The molecule has 0 aromatic rings. The van der Waals surface area contributed by atoms with E-state index in [1.165, 1.54) is 6.42 Å². The smallest absolute Gasteiger partial charge is 0.225 e. The highest BCUT2D eigenvalue weighted by Crippen LogP contribution is 2.30. The normalized spacial score (nSPS) is 26.9. The van der Waals surface area contributed by atoms with Crippen LogP contribution in [0.2, 0.25) is 0 Å². The standard InChI is InChI=1S/C14H28N2O/c1-10(2)11(3)16(4)14(17)13-7-5-6-12(8-13)9-15/h10-13H,5-9,15H2,1-4H3. The van der Waals surface area contributed by atoms with Gasteiger partial charge in [0.25, 0.3) is 0 Å². The van der Waals surface area contributed by atoms with Gasteiger partial charge >= 0.3 is 0 Å². The van der Waals surface area contributed by atoms with E-state index in [1.54, 1.807) is 0 Å². The Bertz CT molecular complexity index is 253. The van der Waals surface area contributed by atoms with Crippen molar-refractivity contribution in [2.75, 3.05) is 13.6 Å². The van der Waals surface area contributed by atoms with E-state index in [9.17, 15) is 4.79 Å². The van der Waals surface area contributed by atoms with Crippen LogP contribution >= 0.6 is 0 Å². The van der Waals surface area contributed by atoms with Crippen molar-refractivity contribution in [3.05, 3.63) is 0 Å². The maximum atomic E-state index is 12.4. The van der Waals surface area contributed by atoms with Gasteiger partial charge in [-0.1, -0.05) is 20.3 Å². The first-order chi connectivity index (χ1) is 7.97. The quantitative estimate of drug-likeness (QED) is 0.819. The molecule has 1 rings (SSSR count). The number of hydrogen-bond donors (Lipinski definition) is 1. The molecule has 1 fully saturated rings. The molecule has 3 unspecified atom stereocenters. The van der Waals surface area contributed by atoms with Crippen LogP contribution in [-0.2, 0) is 4.79 Å². The predicted molar refractivity (Wildman–Crippen MR) is 71.6 cm³/mol. The molecule has 3 atom stereocenters. The van der Waals surface area contributed by atoms with Gasteiger partial charge in [-0.25, -0.2) is 0 Å². The van der Waals surface area contributed by atoms with Gasteiger partial charge in [-0.3, -0.25) is 4.79 Å². The monoisotopic (exact) mass is 240 g/mol. The van der Waals surface area contributed by atoms with Crippen LogP contribution in [0.5, 0.6) is 0 Å². The lowest BCUT2D eigenvalue weighted by Gasteiger charge is -2.34. The van der Waals surface area contributed by atoms with Gasteiger partial charge < -0.3 is 10.6 Å². The minimum Gasteiger partial charge on any atom is -0.343 e. The predicted octanol–water partition coefficient (Wildman–Crippen LogP) is 2.25. The fourth-order valence-electron chi connectivity index (χ4n) is 2.67. The second kappa shape index (κ2) is 6.39. The van der Waals surface area contributed by atoms with Crippen LogP contribution in [0.15, 0.2) is 0 Å². The van der Waals surface area contributed by atoms with Gasteiger partial charge in [-0.2, -0.15) is 0 Å². The molecule has 2 N–H and O–H groups in total. The SMILES string of the molecule is CC(C)C(C)N(C)C(=O)C1CCCC(CN)C1. The highest BCUT2D eigenvalue weighted by molar-refractivity contribution is 5.79. The Morgan fingerprint density at radius 2 is 2.00 bits per heavy atom. The number of nitrogens with zero attached hydrogens (tertiary/aromatic N) is 1. The third kappa shape index (κ3) is 3.70. The second-order valence-corrected chi connectivity index (χ2v) is 5.90. The van der Waals surface area contributed by atoms with Crippen molar-refractivity contribution in [2.24, 2.45) is 23.5 Å². The van der Waals surface area contributed by atoms with E-state index >= 15 is 0 Å². The van der Waals surface area contributed by atoms with E-state index in [0.29, 0.717) is 23.8 Å². The molecule has 0 aromatic carbocycles. The van der Waals surface area contributed by atoms with Crippen molar-refractivity contribution in [3.8, 4) is 0 Å². The van der Waals surface area contributed by atoms with Crippen molar-refractivity contribution in [1.82, 2.24) is 4.90 Å². The summed E-state index contributed by atoms with van der Waals surface area (Å²) in [6.45, 7) is 7.19. The van der Waals surface area contributed by atoms with E-state index in [1.807, 2.05) is 11.9 Å². The van der Waals surface area contributed by atoms with Gasteiger partial charge in [-0.05, 0) is 44.6 Å². The highest BCUT2D eigenvalue weighted by atomic mass is 16.2. The highest BCUT2D eigenvalue weighted by Gasteiger charge is 2.30. The van der Waals surface area contributed by atoms with Gasteiger partial charge in [-0.15, -0.1) is 0 Å². The average Bonchev–Trinajstić information content (AvgIpc) is 2.36. The first-order valence-electron chi connectivity index (χ1n) is 6.94. The molecule has 0 bridgehead atoms. The molecule has 1 amide bonds. The minimum atomic E-state index is 0.212. The first kappa shape index (κ1) is 14.5. The molecular weight excluding hydrogens is 212 g/mol. The molecule has 0 radical (unpaired) electrons. The Morgan fingerprint density at radius 3 is 2.53 bits per heavy atom. The second-order valence-electron chi connectivity index (χ2n) is 5.90. The summed E-state index contributed by atoms with van der Waals surface area (Å²) >= 11 is 0. The van der Waals surface area contributed by atoms with Crippen LogP contribution in [0.25, 0.3) is 0 Å². The molecule has 1 saturated carbocycles. The molecule has 0 spiro atoms.